The summed E-state index contributed by atoms with van der Waals surface area (Å²) in [7, 11) is 0. The van der Waals surface area contributed by atoms with Crippen LogP contribution in [0.2, 0.25) is 5.02 Å². The Balaban J connectivity index is 1.36. The molecule has 0 saturated carbocycles. The second-order valence-corrected chi connectivity index (χ2v) is 9.74. The van der Waals surface area contributed by atoms with Crippen molar-refractivity contribution in [2.45, 2.75) is 43.8 Å². The second kappa shape index (κ2) is 11.7. The third-order valence-corrected chi connectivity index (χ3v) is 7.15. The summed E-state index contributed by atoms with van der Waals surface area (Å²) in [6, 6.07) is 18.1. The van der Waals surface area contributed by atoms with Gasteiger partial charge in [-0.2, -0.15) is 0 Å². The van der Waals surface area contributed by atoms with Gasteiger partial charge in [0.15, 0.2) is 11.0 Å². The van der Waals surface area contributed by atoms with E-state index in [9.17, 15) is 4.79 Å². The number of benzene rings is 2. The number of thioether (sulfide) groups is 1. The van der Waals surface area contributed by atoms with Crippen molar-refractivity contribution in [2.75, 3.05) is 25.4 Å². The van der Waals surface area contributed by atoms with E-state index in [1.54, 1.807) is 0 Å². The summed E-state index contributed by atoms with van der Waals surface area (Å²) in [6.45, 7) is 5.22. The first kappa shape index (κ1) is 23.8. The maximum atomic E-state index is 12.5. The highest BCUT2D eigenvalue weighted by atomic mass is 35.5. The van der Waals surface area contributed by atoms with Crippen molar-refractivity contribution in [3.8, 4) is 17.1 Å². The summed E-state index contributed by atoms with van der Waals surface area (Å²) in [4.78, 5) is 15.0. The highest BCUT2D eigenvalue weighted by molar-refractivity contribution is 7.99. The predicted molar refractivity (Wildman–Crippen MR) is 135 cm³/mol. The van der Waals surface area contributed by atoms with Crippen LogP contribution in [0, 0.1) is 0 Å². The van der Waals surface area contributed by atoms with E-state index in [0.717, 1.165) is 30.0 Å². The van der Waals surface area contributed by atoms with Gasteiger partial charge < -0.3 is 10.2 Å². The number of piperidine rings is 1. The molecule has 4 rings (SSSR count). The van der Waals surface area contributed by atoms with E-state index in [2.05, 4.69) is 27.3 Å². The van der Waals surface area contributed by atoms with Crippen LogP contribution in [0.15, 0.2) is 59.8 Å². The molecule has 1 unspecified atom stereocenters. The molecule has 0 bridgehead atoms. The maximum Gasteiger partial charge on any atom is 0.230 e. The van der Waals surface area contributed by atoms with Gasteiger partial charge >= 0.3 is 0 Å². The molecule has 0 spiro atoms. The Hall–Kier alpha value is -2.35. The molecule has 8 heteroatoms. The summed E-state index contributed by atoms with van der Waals surface area (Å²) in [5.41, 5.74) is 1.87. The van der Waals surface area contributed by atoms with Crippen LogP contribution in [0.25, 0.3) is 17.1 Å². The Labute approximate surface area is 204 Å². The first-order chi connectivity index (χ1) is 16.1. The summed E-state index contributed by atoms with van der Waals surface area (Å²) >= 11 is 7.45. The molecule has 1 aliphatic heterocycles. The van der Waals surface area contributed by atoms with Crippen LogP contribution in [0.5, 0.6) is 0 Å². The number of carbonyl (C=O) groups is 1. The van der Waals surface area contributed by atoms with Gasteiger partial charge in [-0.3, -0.25) is 9.36 Å². The molecule has 1 aromatic heterocycles. The van der Waals surface area contributed by atoms with E-state index < -0.39 is 0 Å². The highest BCUT2D eigenvalue weighted by Crippen LogP contribution is 2.28. The van der Waals surface area contributed by atoms with Crippen molar-refractivity contribution in [3.05, 3.63) is 59.6 Å². The van der Waals surface area contributed by atoms with Gasteiger partial charge in [-0.25, -0.2) is 0 Å². The van der Waals surface area contributed by atoms with Crippen LogP contribution >= 0.6 is 23.4 Å². The number of nitrogens with zero attached hydrogens (tertiary/aromatic N) is 4. The van der Waals surface area contributed by atoms with E-state index in [-0.39, 0.29) is 5.91 Å². The minimum absolute atomic E-state index is 0.0161. The van der Waals surface area contributed by atoms with E-state index in [0.29, 0.717) is 28.5 Å². The molecule has 174 valence electrons. The lowest BCUT2D eigenvalue weighted by Gasteiger charge is -2.33. The molecule has 0 radical (unpaired) electrons. The lowest BCUT2D eigenvalue weighted by Crippen LogP contribution is -2.39. The monoisotopic (exact) mass is 483 g/mol. The van der Waals surface area contributed by atoms with E-state index >= 15 is 0 Å². The minimum Gasteiger partial charge on any atom is -0.355 e. The first-order valence-electron chi connectivity index (χ1n) is 11.5. The molecule has 2 aromatic carbocycles. The third kappa shape index (κ3) is 6.37. The number of hydrogen-bond acceptors (Lipinski definition) is 5. The van der Waals surface area contributed by atoms with Crippen LogP contribution in [-0.4, -0.2) is 57.0 Å². The van der Waals surface area contributed by atoms with Gasteiger partial charge in [-0.05, 0) is 69.1 Å². The van der Waals surface area contributed by atoms with Gasteiger partial charge in [0.25, 0.3) is 0 Å². The Morgan fingerprint density at radius 3 is 2.67 bits per heavy atom. The van der Waals surface area contributed by atoms with Crippen molar-refractivity contribution in [1.29, 1.82) is 0 Å². The van der Waals surface area contributed by atoms with Crippen molar-refractivity contribution in [2.24, 2.45) is 0 Å². The number of likely N-dealkylation sites (tertiary alicyclic amines) is 1. The molecule has 2 heterocycles. The van der Waals surface area contributed by atoms with Gasteiger partial charge in [0.1, 0.15) is 0 Å². The van der Waals surface area contributed by atoms with Crippen molar-refractivity contribution >= 4 is 29.3 Å². The number of aromatic nitrogens is 3. The summed E-state index contributed by atoms with van der Waals surface area (Å²) in [5, 5.41) is 13.2. The van der Waals surface area contributed by atoms with Crippen LogP contribution in [-0.2, 0) is 4.79 Å². The Bertz CT molecular complexity index is 1040. The first-order valence-corrected chi connectivity index (χ1v) is 12.9. The fraction of sp³-hybridized carbons (Fsp3) is 0.400. The molecule has 1 fully saturated rings. The fourth-order valence-corrected chi connectivity index (χ4v) is 5.05. The Morgan fingerprint density at radius 2 is 1.91 bits per heavy atom. The van der Waals surface area contributed by atoms with Gasteiger partial charge in [-0.1, -0.05) is 48.0 Å². The van der Waals surface area contributed by atoms with Crippen molar-refractivity contribution in [1.82, 2.24) is 25.0 Å². The number of hydrogen-bond donors (Lipinski definition) is 1. The Kier molecular flexibility index (Phi) is 8.42. The second-order valence-electron chi connectivity index (χ2n) is 8.36. The van der Waals surface area contributed by atoms with Crippen molar-refractivity contribution < 1.29 is 4.79 Å². The largest absolute Gasteiger partial charge is 0.355 e. The van der Waals surface area contributed by atoms with Gasteiger partial charge in [0.2, 0.25) is 5.91 Å². The van der Waals surface area contributed by atoms with Gasteiger partial charge in [0.05, 0.1) is 5.75 Å². The molecule has 1 saturated heterocycles. The van der Waals surface area contributed by atoms with E-state index in [1.165, 1.54) is 37.6 Å². The third-order valence-electron chi connectivity index (χ3n) is 5.97. The van der Waals surface area contributed by atoms with Crippen molar-refractivity contribution in [3.63, 3.8) is 0 Å². The molecular weight excluding hydrogens is 454 g/mol. The van der Waals surface area contributed by atoms with Crippen LogP contribution in [0.4, 0.5) is 0 Å². The molecule has 33 heavy (non-hydrogen) atoms. The number of halogens is 1. The average Bonchev–Trinajstić information content (AvgIpc) is 3.26. The number of amides is 1. The van der Waals surface area contributed by atoms with Crippen LogP contribution in [0.3, 0.4) is 0 Å². The predicted octanol–water partition coefficient (Wildman–Crippen LogP) is 5.06. The zero-order valence-corrected chi connectivity index (χ0v) is 20.5. The normalized spacial score (nSPS) is 16.6. The topological polar surface area (TPSA) is 63.1 Å². The molecule has 0 aliphatic carbocycles. The minimum atomic E-state index is 0.0161. The van der Waals surface area contributed by atoms with Gasteiger partial charge in [0, 0.05) is 35.4 Å². The summed E-state index contributed by atoms with van der Waals surface area (Å²) in [5.74, 6) is 1.03. The molecule has 1 atom stereocenters. The number of carbonyl (C=O) groups excluding carboxylic acids is 1. The average molecular weight is 484 g/mol. The molecule has 1 aliphatic rings. The SMILES string of the molecule is CC1CCCCN1CCCNC(=O)CSc1nnc(-c2ccc(Cl)cc2)n1-c1ccccc1. The summed E-state index contributed by atoms with van der Waals surface area (Å²) < 4.78 is 1.99. The molecule has 1 amide bonds. The fourth-order valence-electron chi connectivity index (χ4n) is 4.14. The van der Waals surface area contributed by atoms with E-state index in [1.807, 2.05) is 59.2 Å². The molecule has 6 nitrogen and oxygen atoms in total. The van der Waals surface area contributed by atoms with Crippen LogP contribution < -0.4 is 5.32 Å². The summed E-state index contributed by atoms with van der Waals surface area (Å²) in [6.07, 6.45) is 4.87. The maximum absolute atomic E-state index is 12.5. The highest BCUT2D eigenvalue weighted by Gasteiger charge is 2.18. The smallest absolute Gasteiger partial charge is 0.230 e. The standard InChI is InChI=1S/C25H30ClN5OS/c1-19-8-5-6-16-30(19)17-7-15-27-23(32)18-33-25-29-28-24(20-11-13-21(26)14-12-20)31(25)22-9-3-2-4-10-22/h2-4,9-14,19H,5-8,15-18H2,1H3,(H,27,32). The quantitative estimate of drug-likeness (QED) is 0.340. The van der Waals surface area contributed by atoms with Crippen LogP contribution in [0.1, 0.15) is 32.6 Å². The number of rotatable bonds is 9. The number of para-hydroxylation sites is 1. The molecular formula is C25H30ClN5OS. The Morgan fingerprint density at radius 1 is 1.12 bits per heavy atom. The lowest BCUT2D eigenvalue weighted by atomic mass is 10.0. The number of nitrogens with one attached hydrogen (secondary N) is 1. The zero-order valence-electron chi connectivity index (χ0n) is 18.9. The lowest BCUT2D eigenvalue weighted by molar-refractivity contribution is -0.118. The van der Waals surface area contributed by atoms with Gasteiger partial charge in [-0.15, -0.1) is 10.2 Å². The molecule has 1 N–H and O–H groups in total. The van der Waals surface area contributed by atoms with E-state index in [4.69, 9.17) is 11.6 Å². The molecule has 3 aromatic rings. The zero-order chi connectivity index (χ0) is 23.0.